The summed E-state index contributed by atoms with van der Waals surface area (Å²) in [5.41, 5.74) is 2.51. The summed E-state index contributed by atoms with van der Waals surface area (Å²) in [6.07, 6.45) is 2.09. The summed E-state index contributed by atoms with van der Waals surface area (Å²) < 4.78 is 0. The van der Waals surface area contributed by atoms with Crippen molar-refractivity contribution in [2.75, 3.05) is 0 Å². The van der Waals surface area contributed by atoms with E-state index in [0.717, 1.165) is 5.02 Å². The SMILES string of the molecule is C/C=C(/C)c1ccc(Cl)cc1. The van der Waals surface area contributed by atoms with Crippen molar-refractivity contribution in [3.05, 3.63) is 40.9 Å². The van der Waals surface area contributed by atoms with Gasteiger partial charge in [0.1, 0.15) is 0 Å². The van der Waals surface area contributed by atoms with E-state index >= 15 is 0 Å². The van der Waals surface area contributed by atoms with Gasteiger partial charge in [0.05, 0.1) is 0 Å². The molecule has 0 unspecified atom stereocenters. The van der Waals surface area contributed by atoms with Gasteiger partial charge < -0.3 is 0 Å². The highest BCUT2D eigenvalue weighted by atomic mass is 35.5. The quantitative estimate of drug-likeness (QED) is 0.596. The van der Waals surface area contributed by atoms with Crippen LogP contribution in [-0.2, 0) is 0 Å². The minimum atomic E-state index is 0.789. The Balaban J connectivity index is 2.99. The highest BCUT2D eigenvalue weighted by molar-refractivity contribution is 6.30. The van der Waals surface area contributed by atoms with E-state index in [2.05, 4.69) is 13.0 Å². The Morgan fingerprint density at radius 1 is 1.27 bits per heavy atom. The standard InChI is InChI=1S/C10H11Cl/c1-3-8(2)9-4-6-10(11)7-5-9/h3-7H,1-2H3/b8-3-. The maximum atomic E-state index is 5.74. The third kappa shape index (κ3) is 2.09. The van der Waals surface area contributed by atoms with Crippen LogP contribution in [0.1, 0.15) is 19.4 Å². The van der Waals surface area contributed by atoms with E-state index in [1.807, 2.05) is 31.2 Å². The average Bonchev–Trinajstić information content (AvgIpc) is 2.05. The zero-order valence-corrected chi connectivity index (χ0v) is 7.52. The Bertz CT molecular complexity index is 257. The third-order valence-electron chi connectivity index (χ3n) is 1.73. The van der Waals surface area contributed by atoms with E-state index in [4.69, 9.17) is 11.6 Å². The molecule has 0 N–H and O–H groups in total. The average molecular weight is 167 g/mol. The molecule has 0 heterocycles. The molecular formula is C10H11Cl. The predicted molar refractivity (Wildman–Crippen MR) is 50.8 cm³/mol. The van der Waals surface area contributed by atoms with E-state index in [9.17, 15) is 0 Å². The van der Waals surface area contributed by atoms with Crippen molar-refractivity contribution in [1.29, 1.82) is 0 Å². The van der Waals surface area contributed by atoms with Crippen molar-refractivity contribution in [3.8, 4) is 0 Å². The minimum absolute atomic E-state index is 0.789. The fraction of sp³-hybridized carbons (Fsp3) is 0.200. The molecule has 11 heavy (non-hydrogen) atoms. The number of hydrogen-bond donors (Lipinski definition) is 0. The van der Waals surface area contributed by atoms with Crippen LogP contribution in [0.4, 0.5) is 0 Å². The number of allylic oxidation sites excluding steroid dienone is 2. The molecule has 0 saturated carbocycles. The van der Waals surface area contributed by atoms with E-state index < -0.39 is 0 Å². The lowest BCUT2D eigenvalue weighted by Crippen LogP contribution is -1.76. The normalized spacial score (nSPS) is 11.7. The first-order valence-electron chi connectivity index (χ1n) is 3.63. The lowest BCUT2D eigenvalue weighted by atomic mass is 10.1. The van der Waals surface area contributed by atoms with Crippen molar-refractivity contribution in [1.82, 2.24) is 0 Å². The van der Waals surface area contributed by atoms with Crippen LogP contribution < -0.4 is 0 Å². The molecule has 0 atom stereocenters. The van der Waals surface area contributed by atoms with E-state index in [1.54, 1.807) is 0 Å². The van der Waals surface area contributed by atoms with E-state index in [1.165, 1.54) is 11.1 Å². The molecule has 0 radical (unpaired) electrons. The molecule has 0 aliphatic rings. The van der Waals surface area contributed by atoms with Crippen LogP contribution in [0, 0.1) is 0 Å². The van der Waals surface area contributed by atoms with Gasteiger partial charge in [0, 0.05) is 5.02 Å². The number of halogens is 1. The van der Waals surface area contributed by atoms with Crippen LogP contribution in [-0.4, -0.2) is 0 Å². The molecule has 0 saturated heterocycles. The number of hydrogen-bond acceptors (Lipinski definition) is 0. The maximum Gasteiger partial charge on any atom is 0.0406 e. The molecule has 0 spiro atoms. The van der Waals surface area contributed by atoms with Crippen molar-refractivity contribution in [3.63, 3.8) is 0 Å². The van der Waals surface area contributed by atoms with Crippen LogP contribution in [0.2, 0.25) is 5.02 Å². The Hall–Kier alpha value is -0.750. The summed E-state index contributed by atoms with van der Waals surface area (Å²) in [5.74, 6) is 0. The second-order valence-electron chi connectivity index (χ2n) is 2.48. The molecule has 0 aliphatic heterocycles. The summed E-state index contributed by atoms with van der Waals surface area (Å²) in [4.78, 5) is 0. The topological polar surface area (TPSA) is 0 Å². The zero-order valence-electron chi connectivity index (χ0n) is 6.76. The van der Waals surface area contributed by atoms with Crippen LogP contribution in [0.5, 0.6) is 0 Å². The second-order valence-corrected chi connectivity index (χ2v) is 2.92. The number of benzene rings is 1. The van der Waals surface area contributed by atoms with Crippen LogP contribution in [0.15, 0.2) is 30.3 Å². The van der Waals surface area contributed by atoms with Crippen molar-refractivity contribution in [2.45, 2.75) is 13.8 Å². The van der Waals surface area contributed by atoms with Crippen molar-refractivity contribution >= 4 is 17.2 Å². The molecule has 0 amide bonds. The van der Waals surface area contributed by atoms with Gasteiger partial charge in [-0.1, -0.05) is 29.8 Å². The molecule has 1 aromatic rings. The molecular weight excluding hydrogens is 156 g/mol. The molecule has 1 heteroatoms. The fourth-order valence-electron chi connectivity index (χ4n) is 0.879. The summed E-state index contributed by atoms with van der Waals surface area (Å²) in [7, 11) is 0. The van der Waals surface area contributed by atoms with Crippen LogP contribution in [0.3, 0.4) is 0 Å². The van der Waals surface area contributed by atoms with E-state index in [-0.39, 0.29) is 0 Å². The minimum Gasteiger partial charge on any atom is -0.0843 e. The van der Waals surface area contributed by atoms with Gasteiger partial charge in [-0.25, -0.2) is 0 Å². The fourth-order valence-corrected chi connectivity index (χ4v) is 1.01. The van der Waals surface area contributed by atoms with E-state index in [0.29, 0.717) is 0 Å². The van der Waals surface area contributed by atoms with Gasteiger partial charge in [-0.15, -0.1) is 0 Å². The molecule has 0 nitrogen and oxygen atoms in total. The summed E-state index contributed by atoms with van der Waals surface area (Å²) in [6, 6.07) is 7.86. The number of rotatable bonds is 1. The highest BCUT2D eigenvalue weighted by Gasteiger charge is 1.92. The molecule has 0 aromatic heterocycles. The van der Waals surface area contributed by atoms with Gasteiger partial charge in [0.15, 0.2) is 0 Å². The smallest absolute Gasteiger partial charge is 0.0406 e. The molecule has 1 aromatic carbocycles. The van der Waals surface area contributed by atoms with Crippen LogP contribution >= 0.6 is 11.6 Å². The molecule has 1 rings (SSSR count). The lowest BCUT2D eigenvalue weighted by molar-refractivity contribution is 1.54. The summed E-state index contributed by atoms with van der Waals surface area (Å²) in [5, 5.41) is 0.789. The maximum absolute atomic E-state index is 5.74. The van der Waals surface area contributed by atoms with Gasteiger partial charge in [-0.05, 0) is 37.1 Å². The Kier molecular flexibility index (Phi) is 2.72. The van der Waals surface area contributed by atoms with Crippen molar-refractivity contribution < 1.29 is 0 Å². The lowest BCUT2D eigenvalue weighted by Gasteiger charge is -1.99. The Morgan fingerprint density at radius 2 is 1.82 bits per heavy atom. The first-order valence-corrected chi connectivity index (χ1v) is 4.00. The van der Waals surface area contributed by atoms with Gasteiger partial charge in [0.25, 0.3) is 0 Å². The molecule has 0 fully saturated rings. The van der Waals surface area contributed by atoms with Crippen LogP contribution in [0.25, 0.3) is 5.57 Å². The summed E-state index contributed by atoms with van der Waals surface area (Å²) >= 11 is 5.74. The first kappa shape index (κ1) is 8.35. The first-order chi connectivity index (χ1) is 5.24. The van der Waals surface area contributed by atoms with Gasteiger partial charge in [-0.2, -0.15) is 0 Å². The molecule has 0 bridgehead atoms. The summed E-state index contributed by atoms with van der Waals surface area (Å²) in [6.45, 7) is 4.12. The Labute approximate surface area is 72.5 Å². The monoisotopic (exact) mass is 166 g/mol. The molecule has 58 valence electrons. The highest BCUT2D eigenvalue weighted by Crippen LogP contribution is 2.16. The van der Waals surface area contributed by atoms with Gasteiger partial charge in [-0.3, -0.25) is 0 Å². The molecule has 0 aliphatic carbocycles. The van der Waals surface area contributed by atoms with Gasteiger partial charge >= 0.3 is 0 Å². The predicted octanol–water partition coefficient (Wildman–Crippen LogP) is 3.76. The zero-order chi connectivity index (χ0) is 8.27. The third-order valence-corrected chi connectivity index (χ3v) is 1.98. The Morgan fingerprint density at radius 3 is 2.27 bits per heavy atom. The van der Waals surface area contributed by atoms with Gasteiger partial charge in [0.2, 0.25) is 0 Å². The largest absolute Gasteiger partial charge is 0.0843 e. The van der Waals surface area contributed by atoms with Crippen molar-refractivity contribution in [2.24, 2.45) is 0 Å². The second kappa shape index (κ2) is 3.59.